The first-order chi connectivity index (χ1) is 13.0. The van der Waals surface area contributed by atoms with Crippen LogP contribution in [0.3, 0.4) is 0 Å². The maximum absolute atomic E-state index is 12.9. The zero-order valence-electron chi connectivity index (χ0n) is 15.7. The molecule has 3 aromatic carbocycles. The Hall–Kier alpha value is -3.44. The smallest absolute Gasteiger partial charge is 0.234 e. The number of carbonyl (C=O) groups is 2. The molecule has 0 aromatic heterocycles. The van der Waals surface area contributed by atoms with Crippen LogP contribution in [-0.2, 0) is 0 Å². The molecule has 0 heterocycles. The van der Waals surface area contributed by atoms with E-state index in [9.17, 15) is 9.59 Å². The molecule has 27 heavy (non-hydrogen) atoms. The lowest BCUT2D eigenvalue weighted by Crippen LogP contribution is -2.18. The molecule has 0 atom stereocenters. The van der Waals surface area contributed by atoms with Gasteiger partial charge in [-0.15, -0.1) is 0 Å². The van der Waals surface area contributed by atoms with Crippen molar-refractivity contribution in [3.63, 3.8) is 0 Å². The Kier molecular flexibility index (Phi) is 5.33. The number of rotatable bonds is 3. The van der Waals surface area contributed by atoms with Crippen molar-refractivity contribution in [2.24, 2.45) is 0 Å². The van der Waals surface area contributed by atoms with Crippen LogP contribution in [0.4, 0.5) is 0 Å². The van der Waals surface area contributed by atoms with E-state index in [0.717, 1.165) is 27.8 Å². The topological polar surface area (TPSA) is 34.1 Å². The highest BCUT2D eigenvalue weighted by Gasteiger charge is 2.23. The molecule has 0 aliphatic rings. The summed E-state index contributed by atoms with van der Waals surface area (Å²) in [5, 5.41) is 0. The molecule has 0 unspecified atom stereocenters. The third kappa shape index (κ3) is 3.88. The first kappa shape index (κ1) is 18.4. The molecule has 2 nitrogen and oxygen atoms in total. The fraction of sp³-hybridized carbons (Fsp3) is 0.120. The van der Waals surface area contributed by atoms with Gasteiger partial charge in [0.1, 0.15) is 0 Å². The summed E-state index contributed by atoms with van der Waals surface area (Å²) in [6.45, 7) is 5.70. The van der Waals surface area contributed by atoms with E-state index in [1.807, 2.05) is 63.2 Å². The first-order valence-electron chi connectivity index (χ1n) is 8.81. The number of benzene rings is 3. The molecular weight excluding hydrogens is 332 g/mol. The maximum atomic E-state index is 12.9. The fourth-order valence-corrected chi connectivity index (χ4v) is 3.22. The van der Waals surface area contributed by atoms with E-state index < -0.39 is 11.6 Å². The molecule has 0 spiro atoms. The molecule has 0 amide bonds. The van der Waals surface area contributed by atoms with Crippen molar-refractivity contribution in [2.75, 3.05) is 0 Å². The van der Waals surface area contributed by atoms with E-state index in [1.165, 1.54) is 0 Å². The summed E-state index contributed by atoms with van der Waals surface area (Å²) in [4.78, 5) is 25.6. The lowest BCUT2D eigenvalue weighted by molar-refractivity contribution is 0.0816. The summed E-state index contributed by atoms with van der Waals surface area (Å²) in [7, 11) is 0. The average Bonchev–Trinajstić information content (AvgIpc) is 2.68. The highest BCUT2D eigenvalue weighted by atomic mass is 16.2. The number of aryl methyl sites for hydroxylation is 2. The largest absolute Gasteiger partial charge is 0.285 e. The van der Waals surface area contributed by atoms with Gasteiger partial charge in [-0.05, 0) is 49.6 Å². The lowest BCUT2D eigenvalue weighted by Gasteiger charge is -2.13. The minimum atomic E-state index is -0.493. The summed E-state index contributed by atoms with van der Waals surface area (Å²) >= 11 is 0. The van der Waals surface area contributed by atoms with Crippen LogP contribution >= 0.6 is 0 Å². The van der Waals surface area contributed by atoms with Crippen LogP contribution in [0.15, 0.2) is 66.7 Å². The third-order valence-corrected chi connectivity index (χ3v) is 4.55. The molecular formula is C25H20O2. The predicted octanol–water partition coefficient (Wildman–Crippen LogP) is 5.08. The lowest BCUT2D eigenvalue weighted by atomic mass is 9.89. The van der Waals surface area contributed by atoms with Crippen LogP contribution in [-0.4, -0.2) is 11.6 Å². The summed E-state index contributed by atoms with van der Waals surface area (Å²) in [6, 6.07) is 20.3. The molecule has 0 bridgehead atoms. The highest BCUT2D eigenvalue weighted by Crippen LogP contribution is 2.23. The predicted molar refractivity (Wildman–Crippen MR) is 108 cm³/mol. The molecule has 0 saturated heterocycles. The van der Waals surface area contributed by atoms with Crippen LogP contribution in [0.5, 0.6) is 0 Å². The quantitative estimate of drug-likeness (QED) is 0.374. The third-order valence-electron chi connectivity index (χ3n) is 4.55. The molecule has 0 fully saturated rings. The minimum absolute atomic E-state index is 0.402. The standard InChI is InChI=1S/C25H20O2/c1-17-16-18(2)23(25(27)24(26)21-12-8-5-9-13-21)19(3)22(17)15-14-20-10-6-4-7-11-20/h4-13,16H,1-3H3. The second-order valence-electron chi connectivity index (χ2n) is 6.53. The SMILES string of the molecule is Cc1cc(C)c(C(=O)C(=O)c2ccccc2)c(C)c1C#Cc1ccccc1. The van der Waals surface area contributed by atoms with E-state index in [0.29, 0.717) is 11.1 Å². The monoisotopic (exact) mass is 352 g/mol. The van der Waals surface area contributed by atoms with E-state index >= 15 is 0 Å². The molecule has 0 N–H and O–H groups in total. The zero-order chi connectivity index (χ0) is 19.4. The number of hydrogen-bond donors (Lipinski definition) is 0. The van der Waals surface area contributed by atoms with Gasteiger partial charge in [-0.3, -0.25) is 9.59 Å². The van der Waals surface area contributed by atoms with E-state index in [2.05, 4.69) is 11.8 Å². The van der Waals surface area contributed by atoms with Gasteiger partial charge in [0.05, 0.1) is 0 Å². The van der Waals surface area contributed by atoms with Crippen LogP contribution < -0.4 is 0 Å². The molecule has 0 aliphatic heterocycles. The number of Topliss-reactive ketones (excluding diaryl/α,β-unsaturated/α-hetero) is 2. The van der Waals surface area contributed by atoms with Gasteiger partial charge >= 0.3 is 0 Å². The molecule has 0 radical (unpaired) electrons. The van der Waals surface area contributed by atoms with Crippen molar-refractivity contribution >= 4 is 11.6 Å². The Morgan fingerprint density at radius 3 is 1.93 bits per heavy atom. The summed E-state index contributed by atoms with van der Waals surface area (Å²) in [6.07, 6.45) is 0. The van der Waals surface area contributed by atoms with Gasteiger partial charge in [0.25, 0.3) is 0 Å². The molecule has 0 aliphatic carbocycles. The summed E-state index contributed by atoms with van der Waals surface area (Å²) < 4.78 is 0. The van der Waals surface area contributed by atoms with Crippen molar-refractivity contribution in [3.8, 4) is 11.8 Å². The second-order valence-corrected chi connectivity index (χ2v) is 6.53. The first-order valence-corrected chi connectivity index (χ1v) is 8.81. The molecule has 3 rings (SSSR count). The Morgan fingerprint density at radius 2 is 1.30 bits per heavy atom. The Balaban J connectivity index is 2.06. The molecule has 3 aromatic rings. The minimum Gasteiger partial charge on any atom is -0.285 e. The number of ketones is 2. The number of carbonyl (C=O) groups excluding carboxylic acids is 2. The highest BCUT2D eigenvalue weighted by molar-refractivity contribution is 6.49. The zero-order valence-corrected chi connectivity index (χ0v) is 15.7. The van der Waals surface area contributed by atoms with Crippen LogP contribution in [0, 0.1) is 32.6 Å². The maximum Gasteiger partial charge on any atom is 0.234 e. The van der Waals surface area contributed by atoms with Crippen molar-refractivity contribution in [2.45, 2.75) is 20.8 Å². The summed E-state index contributed by atoms with van der Waals surface area (Å²) in [5.74, 6) is 5.35. The van der Waals surface area contributed by atoms with Gasteiger partial charge < -0.3 is 0 Å². The van der Waals surface area contributed by atoms with Gasteiger partial charge in [-0.25, -0.2) is 0 Å². The van der Waals surface area contributed by atoms with Crippen LogP contribution in [0.1, 0.15) is 48.5 Å². The van der Waals surface area contributed by atoms with Gasteiger partial charge in [0.15, 0.2) is 0 Å². The second kappa shape index (κ2) is 7.85. The van der Waals surface area contributed by atoms with Crippen molar-refractivity contribution < 1.29 is 9.59 Å². The Labute approximate surface area is 159 Å². The molecule has 0 saturated carbocycles. The van der Waals surface area contributed by atoms with E-state index in [-0.39, 0.29) is 0 Å². The Morgan fingerprint density at radius 1 is 0.704 bits per heavy atom. The summed E-state index contributed by atoms with van der Waals surface area (Å²) in [5.41, 5.74) is 5.11. The van der Waals surface area contributed by atoms with Gasteiger partial charge in [-0.1, -0.05) is 66.4 Å². The van der Waals surface area contributed by atoms with Gasteiger partial charge in [-0.2, -0.15) is 0 Å². The molecule has 2 heteroatoms. The van der Waals surface area contributed by atoms with Crippen molar-refractivity contribution in [1.82, 2.24) is 0 Å². The van der Waals surface area contributed by atoms with Gasteiger partial charge in [0, 0.05) is 22.3 Å². The van der Waals surface area contributed by atoms with Gasteiger partial charge in [0.2, 0.25) is 11.6 Å². The molecule has 132 valence electrons. The van der Waals surface area contributed by atoms with Crippen molar-refractivity contribution in [3.05, 3.63) is 106 Å². The normalized spacial score (nSPS) is 10.0. The van der Waals surface area contributed by atoms with E-state index in [4.69, 9.17) is 0 Å². The van der Waals surface area contributed by atoms with Crippen LogP contribution in [0.2, 0.25) is 0 Å². The van der Waals surface area contributed by atoms with E-state index in [1.54, 1.807) is 24.3 Å². The average molecular weight is 352 g/mol. The number of hydrogen-bond acceptors (Lipinski definition) is 2. The van der Waals surface area contributed by atoms with Crippen LogP contribution in [0.25, 0.3) is 0 Å². The van der Waals surface area contributed by atoms with Crippen molar-refractivity contribution in [1.29, 1.82) is 0 Å². The fourth-order valence-electron chi connectivity index (χ4n) is 3.22. The Bertz CT molecular complexity index is 1070.